The van der Waals surface area contributed by atoms with Crippen molar-refractivity contribution in [3.63, 3.8) is 0 Å². The summed E-state index contributed by atoms with van der Waals surface area (Å²) in [7, 11) is 0. The van der Waals surface area contributed by atoms with E-state index >= 15 is 0 Å². The van der Waals surface area contributed by atoms with Crippen molar-refractivity contribution in [3.05, 3.63) is 0 Å². The van der Waals surface area contributed by atoms with Crippen LogP contribution in [0.2, 0.25) is 0 Å². The van der Waals surface area contributed by atoms with Gasteiger partial charge in [-0.3, -0.25) is 0 Å². The van der Waals surface area contributed by atoms with Gasteiger partial charge in [-0.05, 0) is 0 Å². The Morgan fingerprint density at radius 1 is 0.773 bits per heavy atom. The zero-order valence-corrected chi connectivity index (χ0v) is 11.6. The van der Waals surface area contributed by atoms with Gasteiger partial charge in [0.05, 0.1) is 13.2 Å². The topological polar surface area (TPSA) is 159 Å². The van der Waals surface area contributed by atoms with Gasteiger partial charge in [0, 0.05) is 0 Å². The minimum atomic E-state index is -1.91. The SMILES string of the molecule is O.O[C@@H]1CO[C@H]2[C@@H]1OC[C@]2(O)O[C@@]1(O)CO[C@@H]2[C@H](O)CO[C@@H]21. The van der Waals surface area contributed by atoms with Crippen LogP contribution in [0.1, 0.15) is 0 Å². The highest BCUT2D eigenvalue weighted by molar-refractivity contribution is 5.04. The Kier molecular flexibility index (Phi) is 3.97. The lowest BCUT2D eigenvalue weighted by Gasteiger charge is -2.36. The second-order valence-corrected chi connectivity index (χ2v) is 5.99. The summed E-state index contributed by atoms with van der Waals surface area (Å²) in [5, 5.41) is 40.5. The number of aliphatic hydroxyl groups is 4. The van der Waals surface area contributed by atoms with Crippen molar-refractivity contribution in [2.75, 3.05) is 26.4 Å². The molecule has 10 nitrogen and oxygen atoms in total. The number of hydrogen-bond acceptors (Lipinski definition) is 9. The lowest BCUT2D eigenvalue weighted by atomic mass is 10.0. The highest BCUT2D eigenvalue weighted by atomic mass is 16.8. The van der Waals surface area contributed by atoms with Gasteiger partial charge in [0.15, 0.2) is 0 Å². The van der Waals surface area contributed by atoms with Crippen molar-refractivity contribution in [3.8, 4) is 0 Å². The van der Waals surface area contributed by atoms with E-state index in [1.165, 1.54) is 0 Å². The van der Waals surface area contributed by atoms with Gasteiger partial charge in [-0.1, -0.05) is 0 Å². The van der Waals surface area contributed by atoms with Gasteiger partial charge in [0.1, 0.15) is 49.8 Å². The Hall–Kier alpha value is -0.400. The molecule has 0 amide bonds. The molecule has 10 heteroatoms. The van der Waals surface area contributed by atoms with E-state index in [0.29, 0.717) is 0 Å². The molecule has 4 saturated heterocycles. The smallest absolute Gasteiger partial charge is 0.222 e. The van der Waals surface area contributed by atoms with Crippen LogP contribution in [0.25, 0.3) is 0 Å². The third-order valence-corrected chi connectivity index (χ3v) is 4.46. The van der Waals surface area contributed by atoms with E-state index in [9.17, 15) is 20.4 Å². The van der Waals surface area contributed by atoms with Crippen LogP contribution in [-0.2, 0) is 23.7 Å². The third-order valence-electron chi connectivity index (χ3n) is 4.46. The molecule has 4 heterocycles. The average Bonchev–Trinajstić information content (AvgIpc) is 3.12. The molecule has 8 atom stereocenters. The molecule has 0 aromatic heterocycles. The molecule has 4 aliphatic rings. The zero-order chi connectivity index (χ0) is 14.8. The molecule has 4 fully saturated rings. The van der Waals surface area contributed by atoms with Crippen LogP contribution in [-0.4, -0.2) is 101 Å². The number of aliphatic hydroxyl groups excluding tert-OH is 2. The second-order valence-electron chi connectivity index (χ2n) is 5.99. The summed E-state index contributed by atoms with van der Waals surface area (Å²) in [6.07, 6.45) is -4.90. The van der Waals surface area contributed by atoms with Gasteiger partial charge in [0.2, 0.25) is 11.6 Å². The minimum absolute atomic E-state index is 0. The number of ether oxygens (including phenoxy) is 5. The van der Waals surface area contributed by atoms with Crippen LogP contribution in [0.4, 0.5) is 0 Å². The van der Waals surface area contributed by atoms with E-state index in [1.54, 1.807) is 0 Å². The Balaban J connectivity index is 0.00000144. The molecule has 0 radical (unpaired) electrons. The molecule has 6 N–H and O–H groups in total. The summed E-state index contributed by atoms with van der Waals surface area (Å²) < 4.78 is 26.7. The summed E-state index contributed by atoms with van der Waals surface area (Å²) >= 11 is 0. The van der Waals surface area contributed by atoms with Crippen molar-refractivity contribution in [1.82, 2.24) is 0 Å². The molecule has 0 aromatic carbocycles. The molecule has 22 heavy (non-hydrogen) atoms. The van der Waals surface area contributed by atoms with Gasteiger partial charge < -0.3 is 49.6 Å². The lowest BCUT2D eigenvalue weighted by Crippen LogP contribution is -2.57. The summed E-state index contributed by atoms with van der Waals surface area (Å²) in [5.41, 5.74) is 0. The Labute approximate surface area is 125 Å². The maximum absolute atomic E-state index is 10.6. The van der Waals surface area contributed by atoms with Gasteiger partial charge in [-0.2, -0.15) is 0 Å². The molecular formula is C12H20O10. The second kappa shape index (κ2) is 5.31. The number of fused-ring (bicyclic) bond motifs is 2. The van der Waals surface area contributed by atoms with E-state index in [2.05, 4.69) is 0 Å². The molecule has 128 valence electrons. The maximum atomic E-state index is 10.6. The molecule has 4 rings (SSSR count). The summed E-state index contributed by atoms with van der Waals surface area (Å²) in [5.74, 6) is -3.82. The van der Waals surface area contributed by atoms with Gasteiger partial charge >= 0.3 is 0 Å². The molecule has 0 saturated carbocycles. The van der Waals surface area contributed by atoms with Crippen LogP contribution in [0.3, 0.4) is 0 Å². The summed E-state index contributed by atoms with van der Waals surface area (Å²) in [4.78, 5) is 0. The fourth-order valence-electron chi connectivity index (χ4n) is 3.43. The predicted molar refractivity (Wildman–Crippen MR) is 65.6 cm³/mol. The van der Waals surface area contributed by atoms with Crippen LogP contribution < -0.4 is 0 Å². The average molecular weight is 324 g/mol. The maximum Gasteiger partial charge on any atom is 0.222 e. The normalized spacial score (nSPS) is 56.7. The van der Waals surface area contributed by atoms with E-state index in [1.807, 2.05) is 0 Å². The molecule has 0 aliphatic carbocycles. The Morgan fingerprint density at radius 2 is 1.18 bits per heavy atom. The van der Waals surface area contributed by atoms with E-state index in [0.717, 1.165) is 0 Å². The van der Waals surface area contributed by atoms with Crippen molar-refractivity contribution in [1.29, 1.82) is 0 Å². The largest absolute Gasteiger partial charge is 0.412 e. The Morgan fingerprint density at radius 3 is 1.59 bits per heavy atom. The van der Waals surface area contributed by atoms with E-state index in [-0.39, 0.29) is 31.9 Å². The standard InChI is InChI=1S/C12H18O9.H2O/c13-5-1-17-9-7(5)19-3-11(9,15)21-12(16)4-20-8-6(14)2-18-10(8)12;/h5-10,13-16H,1-4H2;1H2/t5-,6-,7-,8-,9+,10+,11+,12+;/m1./s1. The van der Waals surface area contributed by atoms with Crippen LogP contribution in [0, 0.1) is 0 Å². The first-order valence-electron chi connectivity index (χ1n) is 6.90. The van der Waals surface area contributed by atoms with Crippen molar-refractivity contribution < 1.29 is 49.6 Å². The van der Waals surface area contributed by atoms with Gasteiger partial charge in [0.25, 0.3) is 0 Å². The minimum Gasteiger partial charge on any atom is -0.412 e. The number of hydrogen-bond donors (Lipinski definition) is 4. The first-order chi connectivity index (χ1) is 9.93. The third kappa shape index (κ3) is 2.19. The van der Waals surface area contributed by atoms with Crippen LogP contribution in [0.5, 0.6) is 0 Å². The summed E-state index contributed by atoms with van der Waals surface area (Å²) in [6.45, 7) is -0.447. The molecule has 0 spiro atoms. The van der Waals surface area contributed by atoms with Crippen molar-refractivity contribution in [2.45, 2.75) is 48.2 Å². The number of rotatable bonds is 2. The quantitative estimate of drug-likeness (QED) is 0.370. The van der Waals surface area contributed by atoms with Gasteiger partial charge in [-0.25, -0.2) is 0 Å². The highest BCUT2D eigenvalue weighted by Crippen LogP contribution is 2.42. The van der Waals surface area contributed by atoms with Crippen LogP contribution >= 0.6 is 0 Å². The van der Waals surface area contributed by atoms with Crippen LogP contribution in [0.15, 0.2) is 0 Å². The molecule has 4 aliphatic heterocycles. The Bertz CT molecular complexity index is 396. The lowest BCUT2D eigenvalue weighted by molar-refractivity contribution is -0.365. The highest BCUT2D eigenvalue weighted by Gasteiger charge is 2.64. The molecular weight excluding hydrogens is 304 g/mol. The predicted octanol–water partition coefficient (Wildman–Crippen LogP) is -4.13. The van der Waals surface area contributed by atoms with Crippen molar-refractivity contribution in [2.24, 2.45) is 0 Å². The first-order valence-corrected chi connectivity index (χ1v) is 6.90. The van der Waals surface area contributed by atoms with E-state index in [4.69, 9.17) is 23.7 Å². The zero-order valence-electron chi connectivity index (χ0n) is 11.6. The molecule has 0 unspecified atom stereocenters. The summed E-state index contributed by atoms with van der Waals surface area (Å²) in [6, 6.07) is 0. The van der Waals surface area contributed by atoms with Gasteiger partial charge in [-0.15, -0.1) is 0 Å². The molecule has 0 aromatic rings. The fraction of sp³-hybridized carbons (Fsp3) is 1.00. The van der Waals surface area contributed by atoms with E-state index < -0.39 is 48.2 Å². The monoisotopic (exact) mass is 324 g/mol. The molecule has 0 bridgehead atoms. The first kappa shape index (κ1) is 16.5. The van der Waals surface area contributed by atoms with Crippen molar-refractivity contribution >= 4 is 0 Å². The fourth-order valence-corrected chi connectivity index (χ4v) is 3.43.